The van der Waals surface area contributed by atoms with Crippen molar-refractivity contribution in [2.24, 2.45) is 0 Å². The number of carbonyl (C=O) groups excluding carboxylic acids is 2. The molecule has 28 heavy (non-hydrogen) atoms. The molecule has 142 valence electrons. The van der Waals surface area contributed by atoms with E-state index in [0.29, 0.717) is 24.2 Å². The summed E-state index contributed by atoms with van der Waals surface area (Å²) in [5.41, 5.74) is 2.25. The van der Waals surface area contributed by atoms with Crippen LogP contribution in [0.15, 0.2) is 48.9 Å². The molecular formula is C21H21N5O2. The fraction of sp³-hybridized carbons (Fsp3) is 0.333. The predicted molar refractivity (Wildman–Crippen MR) is 104 cm³/mol. The monoisotopic (exact) mass is 375 g/mol. The molecule has 1 fully saturated rings. The van der Waals surface area contributed by atoms with Crippen molar-refractivity contribution in [3.8, 4) is 0 Å². The van der Waals surface area contributed by atoms with Crippen molar-refractivity contribution in [1.29, 1.82) is 0 Å². The van der Waals surface area contributed by atoms with Gasteiger partial charge in [0.2, 0.25) is 5.91 Å². The van der Waals surface area contributed by atoms with Crippen LogP contribution in [0.5, 0.6) is 0 Å². The number of benzene rings is 1. The highest BCUT2D eigenvalue weighted by atomic mass is 16.2. The van der Waals surface area contributed by atoms with Crippen molar-refractivity contribution < 1.29 is 9.59 Å². The Morgan fingerprint density at radius 3 is 3.00 bits per heavy atom. The Morgan fingerprint density at radius 2 is 2.14 bits per heavy atom. The molecule has 2 atom stereocenters. The lowest BCUT2D eigenvalue weighted by Gasteiger charge is -2.34. The fourth-order valence-corrected chi connectivity index (χ4v) is 4.89. The minimum absolute atomic E-state index is 0.00290. The van der Waals surface area contributed by atoms with E-state index in [2.05, 4.69) is 22.4 Å². The third kappa shape index (κ3) is 2.16. The van der Waals surface area contributed by atoms with E-state index in [1.165, 1.54) is 0 Å². The van der Waals surface area contributed by atoms with Gasteiger partial charge in [-0.25, -0.2) is 0 Å². The number of para-hydroxylation sites is 1. The molecule has 7 nitrogen and oxygen atoms in total. The van der Waals surface area contributed by atoms with Crippen molar-refractivity contribution in [3.63, 3.8) is 0 Å². The lowest BCUT2D eigenvalue weighted by atomic mass is 9.73. The minimum Gasteiger partial charge on any atom is -0.334 e. The third-order valence-electron chi connectivity index (χ3n) is 6.13. The summed E-state index contributed by atoms with van der Waals surface area (Å²) in [6, 6.07) is 11.3. The van der Waals surface area contributed by atoms with E-state index in [1.54, 1.807) is 16.8 Å². The van der Waals surface area contributed by atoms with Gasteiger partial charge in [-0.1, -0.05) is 31.5 Å². The Bertz CT molecular complexity index is 1090. The number of pyridine rings is 1. The quantitative estimate of drug-likeness (QED) is 0.763. The Hall–Kier alpha value is -3.22. The standard InChI is InChI=1S/C21H21N5O2/c1-2-6-17-21(15-8-3-4-9-16(15)23-20(21)28)10-12-26(17)19(27)14-7-5-11-25-13-22-24-18(14)25/h3-5,7-9,11,13,17H,2,6,10,12H2,1H3,(H,23,28)/t17-,21-/m0/s1. The Labute approximate surface area is 162 Å². The van der Waals surface area contributed by atoms with Crippen LogP contribution in [0.2, 0.25) is 0 Å². The molecule has 2 aliphatic heterocycles. The molecule has 3 aromatic rings. The zero-order valence-corrected chi connectivity index (χ0v) is 15.6. The number of fused-ring (bicyclic) bond motifs is 3. The average molecular weight is 375 g/mol. The molecule has 1 aromatic carbocycles. The number of aromatic nitrogens is 3. The second-order valence-corrected chi connectivity index (χ2v) is 7.51. The summed E-state index contributed by atoms with van der Waals surface area (Å²) in [4.78, 5) is 28.5. The molecule has 5 rings (SSSR count). The number of amides is 2. The molecule has 1 saturated heterocycles. The van der Waals surface area contributed by atoms with Gasteiger partial charge in [0.25, 0.3) is 5.91 Å². The molecule has 1 N–H and O–H groups in total. The maximum atomic E-state index is 13.5. The average Bonchev–Trinajstić information content (AvgIpc) is 3.40. The lowest BCUT2D eigenvalue weighted by molar-refractivity contribution is -0.121. The van der Waals surface area contributed by atoms with Crippen LogP contribution in [-0.2, 0) is 10.2 Å². The van der Waals surface area contributed by atoms with Gasteiger partial charge in [0, 0.05) is 18.4 Å². The normalized spacial score (nSPS) is 23.4. The summed E-state index contributed by atoms with van der Waals surface area (Å²) >= 11 is 0. The highest BCUT2D eigenvalue weighted by molar-refractivity contribution is 6.08. The maximum absolute atomic E-state index is 13.5. The van der Waals surface area contributed by atoms with Crippen LogP contribution < -0.4 is 5.32 Å². The molecule has 2 aliphatic rings. The molecule has 2 aromatic heterocycles. The van der Waals surface area contributed by atoms with E-state index in [4.69, 9.17) is 0 Å². The summed E-state index contributed by atoms with van der Waals surface area (Å²) in [6.07, 6.45) is 5.69. The molecule has 0 bridgehead atoms. The van der Waals surface area contributed by atoms with Crippen LogP contribution in [0.3, 0.4) is 0 Å². The van der Waals surface area contributed by atoms with E-state index in [9.17, 15) is 9.59 Å². The number of likely N-dealkylation sites (tertiary alicyclic amines) is 1. The van der Waals surface area contributed by atoms with Gasteiger partial charge >= 0.3 is 0 Å². The van der Waals surface area contributed by atoms with Gasteiger partial charge in [0.15, 0.2) is 5.65 Å². The highest BCUT2D eigenvalue weighted by Gasteiger charge is 2.58. The Kier molecular flexibility index (Phi) is 3.72. The summed E-state index contributed by atoms with van der Waals surface area (Å²) in [6.45, 7) is 2.63. The van der Waals surface area contributed by atoms with Crippen LogP contribution in [0, 0.1) is 0 Å². The molecule has 0 saturated carbocycles. The Morgan fingerprint density at radius 1 is 1.29 bits per heavy atom. The number of nitrogens with one attached hydrogen (secondary N) is 1. The maximum Gasteiger partial charge on any atom is 0.258 e. The van der Waals surface area contributed by atoms with Gasteiger partial charge in [-0.05, 0) is 36.6 Å². The van der Waals surface area contributed by atoms with Gasteiger partial charge in [-0.3, -0.25) is 14.0 Å². The molecule has 0 unspecified atom stereocenters. The number of hydrogen-bond donors (Lipinski definition) is 1. The SMILES string of the molecule is CCC[C@@H]1N(C(=O)c2cccn3cnnc23)CC[C@@]12C(=O)Nc1ccccc12. The highest BCUT2D eigenvalue weighted by Crippen LogP contribution is 2.49. The molecule has 7 heteroatoms. The number of carbonyl (C=O) groups is 2. The minimum atomic E-state index is -0.680. The van der Waals surface area contributed by atoms with Crippen molar-refractivity contribution in [2.45, 2.75) is 37.6 Å². The van der Waals surface area contributed by atoms with Gasteiger partial charge in [-0.15, -0.1) is 10.2 Å². The van der Waals surface area contributed by atoms with E-state index >= 15 is 0 Å². The van der Waals surface area contributed by atoms with Crippen molar-refractivity contribution >= 4 is 23.1 Å². The number of nitrogens with zero attached hydrogens (tertiary/aromatic N) is 4. The molecule has 1 spiro atoms. The largest absolute Gasteiger partial charge is 0.334 e. The lowest BCUT2D eigenvalue weighted by Crippen LogP contribution is -2.48. The first-order valence-electron chi connectivity index (χ1n) is 9.67. The fourth-order valence-electron chi connectivity index (χ4n) is 4.89. The van der Waals surface area contributed by atoms with E-state index in [-0.39, 0.29) is 17.9 Å². The summed E-state index contributed by atoms with van der Waals surface area (Å²) in [7, 11) is 0. The first-order valence-corrected chi connectivity index (χ1v) is 9.67. The molecule has 2 amide bonds. The Balaban J connectivity index is 1.60. The molecule has 4 heterocycles. The summed E-state index contributed by atoms with van der Waals surface area (Å²) < 4.78 is 1.74. The first-order chi connectivity index (χ1) is 13.7. The van der Waals surface area contributed by atoms with E-state index in [0.717, 1.165) is 24.1 Å². The number of rotatable bonds is 3. The van der Waals surface area contributed by atoms with E-state index < -0.39 is 5.41 Å². The van der Waals surface area contributed by atoms with Crippen molar-refractivity contribution in [1.82, 2.24) is 19.5 Å². The van der Waals surface area contributed by atoms with Crippen LogP contribution in [0.1, 0.15) is 42.1 Å². The number of anilines is 1. The molecular weight excluding hydrogens is 354 g/mol. The van der Waals surface area contributed by atoms with Gasteiger partial charge in [0.05, 0.1) is 17.0 Å². The van der Waals surface area contributed by atoms with Crippen LogP contribution in [0.4, 0.5) is 5.69 Å². The van der Waals surface area contributed by atoms with Crippen LogP contribution in [-0.4, -0.2) is 43.9 Å². The topological polar surface area (TPSA) is 79.6 Å². The number of hydrogen-bond acceptors (Lipinski definition) is 4. The van der Waals surface area contributed by atoms with E-state index in [1.807, 2.05) is 41.4 Å². The second-order valence-electron chi connectivity index (χ2n) is 7.51. The summed E-state index contributed by atoms with van der Waals surface area (Å²) in [5.74, 6) is -0.0887. The predicted octanol–water partition coefficient (Wildman–Crippen LogP) is 2.63. The first kappa shape index (κ1) is 16.9. The molecule has 0 aliphatic carbocycles. The van der Waals surface area contributed by atoms with Gasteiger partial charge in [0.1, 0.15) is 6.33 Å². The zero-order chi connectivity index (χ0) is 19.3. The van der Waals surface area contributed by atoms with Crippen molar-refractivity contribution in [3.05, 3.63) is 60.0 Å². The summed E-state index contributed by atoms with van der Waals surface area (Å²) in [5, 5.41) is 11.1. The van der Waals surface area contributed by atoms with Crippen LogP contribution in [0.25, 0.3) is 5.65 Å². The second kappa shape index (κ2) is 6.15. The molecule has 0 radical (unpaired) electrons. The smallest absolute Gasteiger partial charge is 0.258 e. The van der Waals surface area contributed by atoms with Crippen molar-refractivity contribution in [2.75, 3.05) is 11.9 Å². The van der Waals surface area contributed by atoms with Gasteiger partial charge < -0.3 is 10.2 Å². The van der Waals surface area contributed by atoms with Crippen LogP contribution >= 0.6 is 0 Å². The zero-order valence-electron chi connectivity index (χ0n) is 15.6. The van der Waals surface area contributed by atoms with Gasteiger partial charge in [-0.2, -0.15) is 0 Å². The third-order valence-corrected chi connectivity index (χ3v) is 6.13.